The minimum atomic E-state index is -0.386. The number of hydrogen-bond donors (Lipinski definition) is 1. The number of amides is 2. The molecule has 0 aliphatic carbocycles. The maximum absolute atomic E-state index is 11.9. The number of rotatable bonds is 4. The van der Waals surface area contributed by atoms with E-state index in [2.05, 4.69) is 0 Å². The second kappa shape index (κ2) is 5.84. The smallest absolute Gasteiger partial charge is 0.240 e. The van der Waals surface area contributed by atoms with Crippen molar-refractivity contribution in [1.29, 1.82) is 0 Å². The van der Waals surface area contributed by atoms with Crippen LogP contribution in [0.3, 0.4) is 0 Å². The highest BCUT2D eigenvalue weighted by Crippen LogP contribution is 2.17. The van der Waals surface area contributed by atoms with E-state index in [0.717, 1.165) is 12.8 Å². The molecule has 2 amide bonds. The Morgan fingerprint density at radius 1 is 1.38 bits per heavy atom. The zero-order valence-electron chi connectivity index (χ0n) is 10.1. The van der Waals surface area contributed by atoms with Crippen LogP contribution < -0.4 is 5.73 Å². The summed E-state index contributed by atoms with van der Waals surface area (Å²) in [5, 5.41) is 0. The minimum absolute atomic E-state index is 0.0391. The predicted molar refractivity (Wildman–Crippen MR) is 61.7 cm³/mol. The molecule has 0 aromatic heterocycles. The van der Waals surface area contributed by atoms with E-state index in [1.807, 2.05) is 19.0 Å². The fraction of sp³-hybridized carbons (Fsp3) is 0.818. The number of piperidine rings is 1. The summed E-state index contributed by atoms with van der Waals surface area (Å²) in [7, 11) is 3.85. The molecule has 0 spiro atoms. The van der Waals surface area contributed by atoms with E-state index < -0.39 is 0 Å². The van der Waals surface area contributed by atoms with Gasteiger partial charge in [0.05, 0.1) is 0 Å². The molecule has 5 heteroatoms. The minimum Gasteiger partial charge on any atom is -0.368 e. The number of likely N-dealkylation sites (tertiary alicyclic amines) is 1. The molecule has 5 nitrogen and oxygen atoms in total. The molecule has 0 radical (unpaired) electrons. The van der Waals surface area contributed by atoms with Gasteiger partial charge in [0, 0.05) is 19.5 Å². The summed E-state index contributed by atoms with van der Waals surface area (Å²) in [6, 6.07) is -0.386. The molecule has 0 bridgehead atoms. The van der Waals surface area contributed by atoms with Crippen LogP contribution in [0.1, 0.15) is 25.7 Å². The van der Waals surface area contributed by atoms with Crippen LogP contribution in [0.2, 0.25) is 0 Å². The average Bonchev–Trinajstić information content (AvgIpc) is 2.25. The Kier molecular flexibility index (Phi) is 4.73. The van der Waals surface area contributed by atoms with Crippen LogP contribution in [-0.4, -0.2) is 54.8 Å². The van der Waals surface area contributed by atoms with Gasteiger partial charge in [-0.1, -0.05) is 0 Å². The van der Waals surface area contributed by atoms with Gasteiger partial charge in [0.25, 0.3) is 0 Å². The van der Waals surface area contributed by atoms with E-state index in [4.69, 9.17) is 5.73 Å². The third-order valence-corrected chi connectivity index (χ3v) is 2.92. The van der Waals surface area contributed by atoms with E-state index in [-0.39, 0.29) is 17.9 Å². The van der Waals surface area contributed by atoms with Crippen LogP contribution in [0.25, 0.3) is 0 Å². The van der Waals surface area contributed by atoms with Gasteiger partial charge in [-0.25, -0.2) is 0 Å². The molecule has 2 N–H and O–H groups in total. The maximum Gasteiger partial charge on any atom is 0.240 e. The monoisotopic (exact) mass is 227 g/mol. The lowest BCUT2D eigenvalue weighted by Gasteiger charge is -2.34. The van der Waals surface area contributed by atoms with Crippen LogP contribution in [-0.2, 0) is 9.59 Å². The lowest BCUT2D eigenvalue weighted by atomic mass is 10.0. The highest BCUT2D eigenvalue weighted by Gasteiger charge is 2.29. The predicted octanol–water partition coefficient (Wildman–Crippen LogP) is -0.195. The van der Waals surface area contributed by atoms with Crippen LogP contribution in [0.5, 0.6) is 0 Å². The number of nitrogens with two attached hydrogens (primary N) is 1. The van der Waals surface area contributed by atoms with Gasteiger partial charge in [0.15, 0.2) is 0 Å². The van der Waals surface area contributed by atoms with Crippen LogP contribution >= 0.6 is 0 Å². The molecule has 1 rings (SSSR count). The first-order valence-electron chi connectivity index (χ1n) is 5.76. The van der Waals surface area contributed by atoms with Crippen LogP contribution in [0.4, 0.5) is 0 Å². The van der Waals surface area contributed by atoms with Gasteiger partial charge in [-0.05, 0) is 33.4 Å². The Bertz CT molecular complexity index is 266. The molecular formula is C11H21N3O2. The van der Waals surface area contributed by atoms with E-state index in [1.54, 1.807) is 4.90 Å². The molecule has 92 valence electrons. The molecule has 1 saturated heterocycles. The van der Waals surface area contributed by atoms with E-state index >= 15 is 0 Å². The van der Waals surface area contributed by atoms with Gasteiger partial charge in [-0.2, -0.15) is 0 Å². The van der Waals surface area contributed by atoms with E-state index in [1.165, 1.54) is 0 Å². The first-order valence-corrected chi connectivity index (χ1v) is 5.76. The highest BCUT2D eigenvalue weighted by molar-refractivity contribution is 5.86. The van der Waals surface area contributed by atoms with Crippen molar-refractivity contribution in [1.82, 2.24) is 9.80 Å². The number of hydrogen-bond acceptors (Lipinski definition) is 3. The van der Waals surface area contributed by atoms with Gasteiger partial charge >= 0.3 is 0 Å². The Hall–Kier alpha value is -1.10. The molecule has 1 aliphatic heterocycles. The topological polar surface area (TPSA) is 66.6 Å². The summed E-state index contributed by atoms with van der Waals surface area (Å²) in [6.45, 7) is 1.38. The normalized spacial score (nSPS) is 21.2. The van der Waals surface area contributed by atoms with Gasteiger partial charge in [0.1, 0.15) is 6.04 Å². The van der Waals surface area contributed by atoms with Crippen molar-refractivity contribution in [3.8, 4) is 0 Å². The van der Waals surface area contributed by atoms with Gasteiger partial charge in [-0.15, -0.1) is 0 Å². The molecule has 16 heavy (non-hydrogen) atoms. The lowest BCUT2D eigenvalue weighted by molar-refractivity contribution is -0.141. The first-order chi connectivity index (χ1) is 7.52. The molecule has 1 aliphatic rings. The SMILES string of the molecule is CN(C)CCC(=O)N1CCCCC1C(N)=O. The Labute approximate surface area is 96.6 Å². The van der Waals surface area contributed by atoms with Crippen molar-refractivity contribution >= 4 is 11.8 Å². The standard InChI is InChI=1S/C11H21N3O2/c1-13(2)8-6-10(15)14-7-4-3-5-9(14)11(12)16/h9H,3-8H2,1-2H3,(H2,12,16). The number of primary amides is 1. The zero-order chi connectivity index (χ0) is 12.1. The largest absolute Gasteiger partial charge is 0.368 e. The molecule has 1 heterocycles. The quantitative estimate of drug-likeness (QED) is 0.723. The number of nitrogens with zero attached hydrogens (tertiary/aromatic N) is 2. The van der Waals surface area contributed by atoms with Crippen molar-refractivity contribution in [2.75, 3.05) is 27.2 Å². The van der Waals surface area contributed by atoms with Crippen molar-refractivity contribution in [2.45, 2.75) is 31.7 Å². The van der Waals surface area contributed by atoms with Crippen molar-refractivity contribution in [2.24, 2.45) is 5.73 Å². The summed E-state index contributed by atoms with van der Waals surface area (Å²) in [4.78, 5) is 26.7. The summed E-state index contributed by atoms with van der Waals surface area (Å²) in [5.74, 6) is -0.338. The summed E-state index contributed by atoms with van der Waals surface area (Å²) in [6.07, 6.45) is 3.11. The molecule has 1 unspecified atom stereocenters. The molecule has 0 aromatic rings. The second-order valence-corrected chi connectivity index (χ2v) is 4.55. The molecule has 1 fully saturated rings. The van der Waals surface area contributed by atoms with E-state index in [0.29, 0.717) is 25.9 Å². The fourth-order valence-corrected chi connectivity index (χ4v) is 1.99. The molecule has 1 atom stereocenters. The highest BCUT2D eigenvalue weighted by atomic mass is 16.2. The lowest BCUT2D eigenvalue weighted by Crippen LogP contribution is -2.50. The van der Waals surface area contributed by atoms with Gasteiger partial charge in [-0.3, -0.25) is 9.59 Å². The molecule has 0 saturated carbocycles. The summed E-state index contributed by atoms with van der Waals surface area (Å²) in [5.41, 5.74) is 5.31. The van der Waals surface area contributed by atoms with E-state index in [9.17, 15) is 9.59 Å². The van der Waals surface area contributed by atoms with Gasteiger partial charge in [0.2, 0.25) is 11.8 Å². The summed E-state index contributed by atoms with van der Waals surface area (Å²) >= 11 is 0. The molecular weight excluding hydrogens is 206 g/mol. The van der Waals surface area contributed by atoms with Crippen molar-refractivity contribution in [3.05, 3.63) is 0 Å². The second-order valence-electron chi connectivity index (χ2n) is 4.55. The number of carbonyl (C=O) groups excluding carboxylic acids is 2. The Balaban J connectivity index is 2.54. The fourth-order valence-electron chi connectivity index (χ4n) is 1.99. The first kappa shape index (κ1) is 13.0. The third-order valence-electron chi connectivity index (χ3n) is 2.92. The average molecular weight is 227 g/mol. The van der Waals surface area contributed by atoms with Crippen LogP contribution in [0.15, 0.2) is 0 Å². The third kappa shape index (κ3) is 3.48. The van der Waals surface area contributed by atoms with Gasteiger partial charge < -0.3 is 15.5 Å². The zero-order valence-corrected chi connectivity index (χ0v) is 10.1. The Morgan fingerprint density at radius 2 is 2.06 bits per heavy atom. The number of carbonyl (C=O) groups is 2. The Morgan fingerprint density at radius 3 is 2.62 bits per heavy atom. The molecule has 0 aromatic carbocycles. The van der Waals surface area contributed by atoms with Crippen molar-refractivity contribution < 1.29 is 9.59 Å². The summed E-state index contributed by atoms with van der Waals surface area (Å²) < 4.78 is 0. The maximum atomic E-state index is 11.9. The van der Waals surface area contributed by atoms with Crippen molar-refractivity contribution in [3.63, 3.8) is 0 Å². The van der Waals surface area contributed by atoms with Crippen LogP contribution in [0, 0.1) is 0 Å².